The molecule has 0 bridgehead atoms. The highest BCUT2D eigenvalue weighted by molar-refractivity contribution is 7.10. The average Bonchev–Trinajstić information content (AvgIpc) is 2.63. The van der Waals surface area contributed by atoms with Gasteiger partial charge in [0.15, 0.2) is 0 Å². The van der Waals surface area contributed by atoms with E-state index in [2.05, 4.69) is 0 Å². The maximum absolute atomic E-state index is 13.2. The lowest BCUT2D eigenvalue weighted by Crippen LogP contribution is -2.34. The number of nitrogens with two attached hydrogens (primary N) is 1. The minimum Gasteiger partial charge on any atom is -0.317 e. The first-order chi connectivity index (χ1) is 7.91. The number of rotatable bonds is 2. The minimum atomic E-state index is -0.874. The molecule has 0 saturated heterocycles. The summed E-state index contributed by atoms with van der Waals surface area (Å²) in [5, 5.41) is 1.92. The van der Waals surface area contributed by atoms with Crippen LogP contribution in [0.2, 0.25) is 0 Å². The lowest BCUT2D eigenvalue weighted by atomic mass is 9.89. The van der Waals surface area contributed by atoms with Crippen LogP contribution in [0.4, 0.5) is 8.78 Å². The number of hydrogen-bond acceptors (Lipinski definition) is 2. The molecule has 1 unspecified atom stereocenters. The zero-order valence-electron chi connectivity index (χ0n) is 9.63. The summed E-state index contributed by atoms with van der Waals surface area (Å²) >= 11 is 1.49. The fourth-order valence-electron chi connectivity index (χ4n) is 1.89. The van der Waals surface area contributed by atoms with Crippen LogP contribution in [0, 0.1) is 18.6 Å². The molecule has 4 heteroatoms. The van der Waals surface area contributed by atoms with Crippen molar-refractivity contribution in [2.75, 3.05) is 0 Å². The van der Waals surface area contributed by atoms with Crippen LogP contribution in [0.1, 0.15) is 22.9 Å². The molecule has 2 rings (SSSR count). The maximum Gasteiger partial charge on any atom is 0.126 e. The summed E-state index contributed by atoms with van der Waals surface area (Å²) in [6, 6.07) is 5.35. The third kappa shape index (κ3) is 2.23. The molecule has 1 atom stereocenters. The van der Waals surface area contributed by atoms with Gasteiger partial charge in [-0.15, -0.1) is 11.3 Å². The van der Waals surface area contributed by atoms with Crippen LogP contribution >= 0.6 is 11.3 Å². The maximum atomic E-state index is 13.2. The molecule has 1 nitrogen and oxygen atoms in total. The van der Waals surface area contributed by atoms with E-state index in [-0.39, 0.29) is 0 Å². The van der Waals surface area contributed by atoms with Crippen LogP contribution in [0.15, 0.2) is 29.6 Å². The first-order valence-electron chi connectivity index (χ1n) is 5.21. The highest BCUT2D eigenvalue weighted by Gasteiger charge is 2.27. The summed E-state index contributed by atoms with van der Waals surface area (Å²) in [4.78, 5) is 0.919. The Bertz CT molecular complexity index is 526. The Kier molecular flexibility index (Phi) is 3.02. The van der Waals surface area contributed by atoms with Gasteiger partial charge in [0.2, 0.25) is 0 Å². The molecule has 0 radical (unpaired) electrons. The topological polar surface area (TPSA) is 26.0 Å². The highest BCUT2D eigenvalue weighted by atomic mass is 32.1. The van der Waals surface area contributed by atoms with Crippen molar-refractivity contribution in [1.82, 2.24) is 0 Å². The Balaban J connectivity index is 2.55. The Morgan fingerprint density at radius 1 is 1.18 bits per heavy atom. The Labute approximate surface area is 103 Å². The summed E-state index contributed by atoms with van der Waals surface area (Å²) in [7, 11) is 0. The molecular weight excluding hydrogens is 240 g/mol. The van der Waals surface area contributed by atoms with E-state index in [9.17, 15) is 8.78 Å². The molecule has 17 heavy (non-hydrogen) atoms. The van der Waals surface area contributed by atoms with Crippen molar-refractivity contribution in [3.8, 4) is 0 Å². The molecule has 0 aliphatic heterocycles. The molecule has 2 N–H and O–H groups in total. The second-order valence-electron chi connectivity index (χ2n) is 4.29. The van der Waals surface area contributed by atoms with Gasteiger partial charge in [0.05, 0.1) is 5.54 Å². The van der Waals surface area contributed by atoms with Crippen LogP contribution in [0.5, 0.6) is 0 Å². The first-order valence-corrected chi connectivity index (χ1v) is 6.09. The monoisotopic (exact) mass is 253 g/mol. The van der Waals surface area contributed by atoms with E-state index in [0.29, 0.717) is 5.56 Å². The zero-order chi connectivity index (χ0) is 12.6. The van der Waals surface area contributed by atoms with Gasteiger partial charge in [-0.3, -0.25) is 0 Å². The molecule has 1 aromatic heterocycles. The minimum absolute atomic E-state index is 0.445. The third-order valence-electron chi connectivity index (χ3n) is 2.80. The highest BCUT2D eigenvalue weighted by Crippen LogP contribution is 2.33. The predicted octanol–water partition coefficient (Wildman–Crippen LogP) is 3.56. The van der Waals surface area contributed by atoms with Crippen molar-refractivity contribution < 1.29 is 8.78 Å². The van der Waals surface area contributed by atoms with Gasteiger partial charge in [0, 0.05) is 10.9 Å². The molecule has 1 aromatic carbocycles. The Hall–Kier alpha value is -1.26. The fraction of sp³-hybridized carbons (Fsp3) is 0.231. The van der Waals surface area contributed by atoms with Crippen LogP contribution in [-0.2, 0) is 5.54 Å². The first kappa shape index (κ1) is 12.2. The van der Waals surface area contributed by atoms with Crippen molar-refractivity contribution in [2.24, 2.45) is 5.73 Å². The predicted molar refractivity (Wildman–Crippen MR) is 66.1 cm³/mol. The van der Waals surface area contributed by atoms with Gasteiger partial charge in [-0.1, -0.05) is 0 Å². The molecule has 0 aliphatic rings. The molecule has 0 amide bonds. The van der Waals surface area contributed by atoms with Gasteiger partial charge in [0.25, 0.3) is 0 Å². The van der Waals surface area contributed by atoms with E-state index in [1.807, 2.05) is 18.4 Å². The van der Waals surface area contributed by atoms with Crippen molar-refractivity contribution in [3.63, 3.8) is 0 Å². The lowest BCUT2D eigenvalue weighted by molar-refractivity contribution is 0.554. The summed E-state index contributed by atoms with van der Waals surface area (Å²) in [5.41, 5.74) is 6.82. The third-order valence-corrected chi connectivity index (χ3v) is 4.05. The molecule has 0 saturated carbocycles. The van der Waals surface area contributed by atoms with Crippen LogP contribution in [-0.4, -0.2) is 0 Å². The van der Waals surface area contributed by atoms with Crippen LogP contribution < -0.4 is 5.73 Å². The second kappa shape index (κ2) is 4.20. The Morgan fingerprint density at radius 3 is 2.24 bits per heavy atom. The number of aryl methyl sites for hydroxylation is 1. The second-order valence-corrected chi connectivity index (χ2v) is 5.21. The molecular formula is C13H13F2NS. The number of benzene rings is 1. The van der Waals surface area contributed by atoms with Crippen molar-refractivity contribution in [3.05, 3.63) is 57.3 Å². The van der Waals surface area contributed by atoms with Gasteiger partial charge >= 0.3 is 0 Å². The van der Waals surface area contributed by atoms with E-state index >= 15 is 0 Å². The normalized spacial score (nSPS) is 14.6. The van der Waals surface area contributed by atoms with Gasteiger partial charge in [-0.2, -0.15) is 0 Å². The largest absolute Gasteiger partial charge is 0.317 e. The van der Waals surface area contributed by atoms with Gasteiger partial charge in [-0.25, -0.2) is 8.78 Å². The van der Waals surface area contributed by atoms with E-state index in [4.69, 9.17) is 5.73 Å². The van der Waals surface area contributed by atoms with E-state index in [0.717, 1.165) is 16.5 Å². The summed E-state index contributed by atoms with van der Waals surface area (Å²) in [6.07, 6.45) is 0. The Morgan fingerprint density at radius 2 is 1.76 bits per heavy atom. The fourth-order valence-corrected chi connectivity index (χ4v) is 2.91. The standard InChI is InChI=1S/C13H13F2NS/c1-8-3-4-17-12(8)13(2,16)9-5-10(14)7-11(15)6-9/h3-7H,16H2,1-2H3. The average molecular weight is 253 g/mol. The molecule has 90 valence electrons. The van der Waals surface area contributed by atoms with Gasteiger partial charge in [0.1, 0.15) is 11.6 Å². The van der Waals surface area contributed by atoms with E-state index < -0.39 is 17.2 Å². The number of halogens is 2. The van der Waals surface area contributed by atoms with Crippen LogP contribution in [0.3, 0.4) is 0 Å². The molecule has 0 aliphatic carbocycles. The molecule has 0 fully saturated rings. The van der Waals surface area contributed by atoms with Gasteiger partial charge < -0.3 is 5.73 Å². The van der Waals surface area contributed by atoms with E-state index in [1.54, 1.807) is 6.92 Å². The quantitative estimate of drug-likeness (QED) is 0.870. The smallest absolute Gasteiger partial charge is 0.126 e. The lowest BCUT2D eigenvalue weighted by Gasteiger charge is -2.25. The summed E-state index contributed by atoms with van der Waals surface area (Å²) in [5.74, 6) is -1.21. The SMILES string of the molecule is Cc1ccsc1C(C)(N)c1cc(F)cc(F)c1. The number of hydrogen-bond donors (Lipinski definition) is 1. The zero-order valence-corrected chi connectivity index (χ0v) is 10.4. The van der Waals surface area contributed by atoms with Crippen LogP contribution in [0.25, 0.3) is 0 Å². The summed E-state index contributed by atoms with van der Waals surface area (Å²) in [6.45, 7) is 3.70. The molecule has 2 aromatic rings. The van der Waals surface area contributed by atoms with Crippen molar-refractivity contribution in [2.45, 2.75) is 19.4 Å². The summed E-state index contributed by atoms with van der Waals surface area (Å²) < 4.78 is 26.4. The molecule has 0 spiro atoms. The van der Waals surface area contributed by atoms with Crippen molar-refractivity contribution in [1.29, 1.82) is 0 Å². The van der Waals surface area contributed by atoms with E-state index in [1.165, 1.54) is 23.5 Å². The van der Waals surface area contributed by atoms with Gasteiger partial charge in [-0.05, 0) is 48.6 Å². The number of thiophene rings is 1. The van der Waals surface area contributed by atoms with Crippen molar-refractivity contribution >= 4 is 11.3 Å². The molecule has 1 heterocycles.